The van der Waals surface area contributed by atoms with Gasteiger partial charge in [0.15, 0.2) is 5.58 Å². The average molecular weight is 287 g/mol. The van der Waals surface area contributed by atoms with Crippen molar-refractivity contribution >= 4 is 29.2 Å². The van der Waals surface area contributed by atoms with E-state index < -0.39 is 0 Å². The number of nitrogens with zero attached hydrogens (tertiary/aromatic N) is 2. The molecule has 20 heavy (non-hydrogen) atoms. The monoisotopic (exact) mass is 287 g/mol. The van der Waals surface area contributed by atoms with Crippen LogP contribution in [-0.2, 0) is 0 Å². The van der Waals surface area contributed by atoms with Crippen molar-refractivity contribution in [2.45, 2.75) is 25.3 Å². The second-order valence-corrected chi connectivity index (χ2v) is 5.23. The lowest BCUT2D eigenvalue weighted by Crippen LogP contribution is -2.33. The van der Waals surface area contributed by atoms with Gasteiger partial charge in [-0.05, 0) is 43.3 Å². The largest absolute Gasteiger partial charge is 0.429 e. The number of aromatic amines is 1. The molecule has 2 aromatic rings. The third kappa shape index (κ3) is 2.45. The summed E-state index contributed by atoms with van der Waals surface area (Å²) in [5.41, 5.74) is 1.93. The van der Waals surface area contributed by atoms with Crippen LogP contribution < -0.4 is 0 Å². The van der Waals surface area contributed by atoms with Crippen LogP contribution in [0.4, 0.5) is 0 Å². The highest BCUT2D eigenvalue weighted by Crippen LogP contribution is 2.29. The number of carbonyl (C=O) groups excluding carboxylic acids is 1. The van der Waals surface area contributed by atoms with Gasteiger partial charge in [-0.1, -0.05) is 0 Å². The zero-order chi connectivity index (χ0) is 14.1. The molecule has 1 aliphatic carbocycles. The van der Waals surface area contributed by atoms with Crippen molar-refractivity contribution < 1.29 is 9.21 Å². The number of nitrogens with one attached hydrogen (secondary N) is 1. The Morgan fingerprint density at radius 1 is 1.55 bits per heavy atom. The molecule has 3 rings (SSSR count). The Hall–Kier alpha value is -2.13. The number of carbonyl (C=O) groups is 1. The lowest BCUT2D eigenvalue weighted by molar-refractivity contribution is 0.0747. The summed E-state index contributed by atoms with van der Waals surface area (Å²) in [6.07, 6.45) is 2.39. The quantitative estimate of drug-likeness (QED) is 0.877. The molecular weight excluding hydrogens is 274 g/mol. The van der Waals surface area contributed by atoms with Crippen LogP contribution in [0.1, 0.15) is 29.6 Å². The van der Waals surface area contributed by atoms with E-state index in [0.717, 1.165) is 18.4 Å². The highest BCUT2D eigenvalue weighted by Gasteiger charge is 2.32. The molecular formula is C14H13N3O2S. The van der Waals surface area contributed by atoms with E-state index >= 15 is 0 Å². The molecule has 1 aromatic heterocycles. The Bertz CT molecular complexity index is 752. The second kappa shape index (κ2) is 5.10. The molecule has 0 bridgehead atoms. The van der Waals surface area contributed by atoms with Gasteiger partial charge in [-0.3, -0.25) is 4.79 Å². The van der Waals surface area contributed by atoms with Crippen LogP contribution in [0.3, 0.4) is 0 Å². The maximum absolute atomic E-state index is 12.5. The zero-order valence-corrected chi connectivity index (χ0v) is 11.6. The summed E-state index contributed by atoms with van der Waals surface area (Å²) >= 11 is 4.93. The SMILES string of the molecule is N#CCCN(C(=O)c1ccc2[nH]c(=S)oc2c1)C1CC1. The Morgan fingerprint density at radius 3 is 3.05 bits per heavy atom. The summed E-state index contributed by atoms with van der Waals surface area (Å²) in [5, 5.41) is 8.70. The van der Waals surface area contributed by atoms with Gasteiger partial charge >= 0.3 is 0 Å². The van der Waals surface area contributed by atoms with Gasteiger partial charge in [0.2, 0.25) is 0 Å². The molecule has 1 N–H and O–H groups in total. The van der Waals surface area contributed by atoms with E-state index in [2.05, 4.69) is 11.1 Å². The number of aromatic nitrogens is 1. The minimum Gasteiger partial charge on any atom is -0.429 e. The van der Waals surface area contributed by atoms with Gasteiger partial charge in [-0.2, -0.15) is 5.26 Å². The van der Waals surface area contributed by atoms with E-state index in [1.54, 1.807) is 23.1 Å². The van der Waals surface area contributed by atoms with E-state index in [-0.39, 0.29) is 11.9 Å². The van der Waals surface area contributed by atoms with Crippen LogP contribution in [0.15, 0.2) is 22.6 Å². The summed E-state index contributed by atoms with van der Waals surface area (Å²) in [4.78, 5) is 17.5. The van der Waals surface area contributed by atoms with Gasteiger partial charge in [0.05, 0.1) is 18.0 Å². The van der Waals surface area contributed by atoms with Crippen molar-refractivity contribution in [2.24, 2.45) is 0 Å². The van der Waals surface area contributed by atoms with Crippen LogP contribution in [0.5, 0.6) is 0 Å². The first-order chi connectivity index (χ1) is 9.69. The molecule has 0 unspecified atom stereocenters. The number of fused-ring (bicyclic) bond motifs is 1. The number of hydrogen-bond donors (Lipinski definition) is 1. The second-order valence-electron chi connectivity index (χ2n) is 4.86. The normalized spacial score (nSPS) is 14.2. The molecule has 1 aromatic carbocycles. The number of benzene rings is 1. The van der Waals surface area contributed by atoms with E-state index in [4.69, 9.17) is 21.9 Å². The molecule has 0 saturated heterocycles. The molecule has 0 aliphatic heterocycles. The highest BCUT2D eigenvalue weighted by atomic mass is 32.1. The number of nitriles is 1. The molecule has 5 nitrogen and oxygen atoms in total. The molecule has 0 radical (unpaired) electrons. The summed E-state index contributed by atoms with van der Waals surface area (Å²) in [6.45, 7) is 0.481. The first-order valence-corrected chi connectivity index (χ1v) is 6.90. The van der Waals surface area contributed by atoms with Crippen molar-refractivity contribution in [1.29, 1.82) is 5.26 Å². The zero-order valence-electron chi connectivity index (χ0n) is 10.8. The summed E-state index contributed by atoms with van der Waals surface area (Å²) in [5.74, 6) is -0.0491. The fourth-order valence-electron chi connectivity index (χ4n) is 2.25. The molecule has 1 fully saturated rings. The molecule has 0 spiro atoms. The molecule has 0 atom stereocenters. The Kier molecular flexibility index (Phi) is 3.28. The van der Waals surface area contributed by atoms with Crippen molar-refractivity contribution in [3.63, 3.8) is 0 Å². The van der Waals surface area contributed by atoms with E-state index in [1.807, 2.05) is 0 Å². The topological polar surface area (TPSA) is 73.0 Å². The fourth-order valence-corrected chi connectivity index (χ4v) is 2.45. The van der Waals surface area contributed by atoms with Crippen LogP contribution in [-0.4, -0.2) is 28.4 Å². The molecule has 1 heterocycles. The van der Waals surface area contributed by atoms with Gasteiger partial charge in [-0.25, -0.2) is 0 Å². The molecule has 1 aliphatic rings. The predicted octanol–water partition coefficient (Wildman–Crippen LogP) is 3.01. The summed E-state index contributed by atoms with van der Waals surface area (Å²) in [6, 6.07) is 7.62. The third-order valence-electron chi connectivity index (χ3n) is 3.38. The van der Waals surface area contributed by atoms with Crippen molar-refractivity contribution in [1.82, 2.24) is 9.88 Å². The van der Waals surface area contributed by atoms with E-state index in [9.17, 15) is 4.79 Å². The van der Waals surface area contributed by atoms with Crippen LogP contribution in [0.2, 0.25) is 0 Å². The number of oxazole rings is 1. The van der Waals surface area contributed by atoms with E-state index in [0.29, 0.717) is 28.9 Å². The fraction of sp³-hybridized carbons (Fsp3) is 0.357. The lowest BCUT2D eigenvalue weighted by atomic mass is 10.1. The smallest absolute Gasteiger partial charge is 0.266 e. The van der Waals surface area contributed by atoms with Gasteiger partial charge in [0, 0.05) is 18.2 Å². The Balaban J connectivity index is 1.89. The van der Waals surface area contributed by atoms with Crippen molar-refractivity contribution in [3.8, 4) is 6.07 Å². The lowest BCUT2D eigenvalue weighted by Gasteiger charge is -2.21. The first-order valence-electron chi connectivity index (χ1n) is 6.50. The maximum atomic E-state index is 12.5. The number of H-pyrrole nitrogens is 1. The number of hydrogen-bond acceptors (Lipinski definition) is 4. The van der Waals surface area contributed by atoms with E-state index in [1.165, 1.54) is 0 Å². The maximum Gasteiger partial charge on any atom is 0.266 e. The number of amides is 1. The number of rotatable bonds is 4. The predicted molar refractivity (Wildman–Crippen MR) is 75.7 cm³/mol. The minimum atomic E-state index is -0.0491. The van der Waals surface area contributed by atoms with Crippen LogP contribution in [0.25, 0.3) is 11.1 Å². The van der Waals surface area contributed by atoms with Crippen LogP contribution in [0, 0.1) is 16.2 Å². The Morgan fingerprint density at radius 2 is 2.35 bits per heavy atom. The van der Waals surface area contributed by atoms with Gasteiger partial charge in [-0.15, -0.1) is 0 Å². The molecule has 1 saturated carbocycles. The standard InChI is InChI=1S/C14H13N3O2S/c15-6-1-7-17(10-3-4-10)13(18)9-2-5-11-12(8-9)19-14(20)16-11/h2,5,8,10H,1,3-4,7H2,(H,16,20). The van der Waals surface area contributed by atoms with Crippen molar-refractivity contribution in [2.75, 3.05) is 6.54 Å². The Labute approximate surface area is 120 Å². The molecule has 102 valence electrons. The van der Waals surface area contributed by atoms with Gasteiger partial charge in [0.25, 0.3) is 10.7 Å². The molecule has 1 amide bonds. The third-order valence-corrected chi connectivity index (χ3v) is 3.57. The minimum absolute atomic E-state index is 0.0491. The summed E-state index contributed by atoms with van der Waals surface area (Å²) < 4.78 is 5.33. The van der Waals surface area contributed by atoms with Crippen LogP contribution >= 0.6 is 12.2 Å². The summed E-state index contributed by atoms with van der Waals surface area (Å²) in [7, 11) is 0. The van der Waals surface area contributed by atoms with Gasteiger partial charge < -0.3 is 14.3 Å². The van der Waals surface area contributed by atoms with Gasteiger partial charge in [0.1, 0.15) is 0 Å². The highest BCUT2D eigenvalue weighted by molar-refractivity contribution is 7.71. The van der Waals surface area contributed by atoms with Crippen molar-refractivity contribution in [3.05, 3.63) is 28.6 Å². The molecule has 6 heteroatoms. The average Bonchev–Trinajstić information content (AvgIpc) is 3.19. The first kappa shape index (κ1) is 12.9.